The Labute approximate surface area is 193 Å². The fourth-order valence-corrected chi connectivity index (χ4v) is 7.15. The first-order valence-electron chi connectivity index (χ1n) is 11.4. The summed E-state index contributed by atoms with van der Waals surface area (Å²) in [5.41, 5.74) is -1.18. The van der Waals surface area contributed by atoms with Crippen LogP contribution in [0, 0.1) is 17.3 Å². The summed E-state index contributed by atoms with van der Waals surface area (Å²) in [6.07, 6.45) is 8.28. The van der Waals surface area contributed by atoms with Gasteiger partial charge in [-0.1, -0.05) is 46.3 Å². The lowest BCUT2D eigenvalue weighted by atomic mass is 9.76. The molecule has 7 atom stereocenters. The van der Waals surface area contributed by atoms with Crippen LogP contribution in [0.1, 0.15) is 66.2 Å². The molecule has 3 fully saturated rings. The smallest absolute Gasteiger partial charge is 0.232 e. The van der Waals surface area contributed by atoms with E-state index in [1.54, 1.807) is 0 Å². The van der Waals surface area contributed by atoms with Gasteiger partial charge in [-0.25, -0.2) is 0 Å². The van der Waals surface area contributed by atoms with E-state index in [2.05, 4.69) is 62.4 Å². The average molecular weight is 533 g/mol. The van der Waals surface area contributed by atoms with Gasteiger partial charge < -0.3 is 24.2 Å². The molecule has 0 unspecified atom stereocenters. The van der Waals surface area contributed by atoms with E-state index in [4.69, 9.17) is 14.2 Å². The lowest BCUT2D eigenvalue weighted by Crippen LogP contribution is -2.66. The summed E-state index contributed by atoms with van der Waals surface area (Å²) in [6.45, 7) is 9.28. The molecule has 1 aliphatic carbocycles. The third-order valence-electron chi connectivity index (χ3n) is 7.16. The molecule has 3 aliphatic heterocycles. The first-order valence-corrected chi connectivity index (χ1v) is 12.5. The molecule has 0 bridgehead atoms. The number of ether oxygens (including phenoxy) is 3. The third-order valence-corrected chi connectivity index (χ3v) is 9.10. The Morgan fingerprint density at radius 3 is 2.83 bits per heavy atom. The molecule has 0 aromatic heterocycles. The maximum Gasteiger partial charge on any atom is 0.232 e. The van der Waals surface area contributed by atoms with Crippen molar-refractivity contribution in [3.63, 3.8) is 0 Å². The van der Waals surface area contributed by atoms with Gasteiger partial charge in [-0.2, -0.15) is 0 Å². The van der Waals surface area contributed by atoms with Crippen molar-refractivity contribution in [2.45, 2.75) is 94.0 Å². The van der Waals surface area contributed by atoms with Gasteiger partial charge in [0.2, 0.25) is 5.91 Å². The number of hydrogen-bond donors (Lipinski definition) is 1. The van der Waals surface area contributed by atoms with Crippen LogP contribution in [-0.4, -0.2) is 56.9 Å². The molecule has 3 heterocycles. The Bertz CT molecular complexity index is 694. The van der Waals surface area contributed by atoms with E-state index in [0.29, 0.717) is 13.0 Å². The van der Waals surface area contributed by atoms with Crippen LogP contribution in [-0.2, 0) is 19.0 Å². The highest BCUT2D eigenvalue weighted by atomic mass is 127. The highest BCUT2D eigenvalue weighted by molar-refractivity contribution is 14.1. The minimum absolute atomic E-state index is 0.00887. The van der Waals surface area contributed by atoms with Gasteiger partial charge in [-0.05, 0) is 48.3 Å². The molecule has 30 heavy (non-hydrogen) atoms. The predicted molar refractivity (Wildman–Crippen MR) is 122 cm³/mol. The summed E-state index contributed by atoms with van der Waals surface area (Å²) in [6, 6.07) is 0. The van der Waals surface area contributed by atoms with Crippen molar-refractivity contribution >= 4 is 28.5 Å². The number of hydrogen-bond acceptors (Lipinski definition) is 5. The van der Waals surface area contributed by atoms with E-state index in [1.807, 2.05) is 4.90 Å². The minimum Gasteiger partial charge on any atom is -0.390 e. The van der Waals surface area contributed by atoms with E-state index in [1.165, 1.54) is 0 Å². The SMILES string of the molecule is CCCCO[C@@H]1C[C@H]2C(=O)N3[C@H](C(C)(C)C)OC[C@@]3([C@H](O)[C@H]3C=CCCC3)[C@@]2(I)O1. The Morgan fingerprint density at radius 1 is 1.43 bits per heavy atom. The molecule has 0 radical (unpaired) electrons. The van der Waals surface area contributed by atoms with Gasteiger partial charge in [-0.3, -0.25) is 4.79 Å². The number of fused-ring (bicyclic) bond motifs is 3. The second-order valence-electron chi connectivity index (χ2n) is 10.3. The van der Waals surface area contributed by atoms with E-state index in [9.17, 15) is 9.90 Å². The van der Waals surface area contributed by atoms with Crippen molar-refractivity contribution < 1.29 is 24.1 Å². The van der Waals surface area contributed by atoms with Crippen LogP contribution in [0.2, 0.25) is 0 Å². The van der Waals surface area contributed by atoms with Crippen molar-refractivity contribution in [3.8, 4) is 0 Å². The molecule has 3 saturated heterocycles. The number of alkyl halides is 1. The maximum atomic E-state index is 13.8. The topological polar surface area (TPSA) is 68.2 Å². The van der Waals surface area contributed by atoms with Crippen molar-refractivity contribution in [2.75, 3.05) is 13.2 Å². The molecule has 6 nitrogen and oxygen atoms in total. The summed E-state index contributed by atoms with van der Waals surface area (Å²) >= 11 is 2.30. The van der Waals surface area contributed by atoms with Crippen LogP contribution in [0.15, 0.2) is 12.2 Å². The maximum absolute atomic E-state index is 13.8. The molecule has 1 amide bonds. The Morgan fingerprint density at radius 2 is 2.20 bits per heavy atom. The Kier molecular flexibility index (Phi) is 6.34. The summed E-state index contributed by atoms with van der Waals surface area (Å²) in [5, 5.41) is 11.8. The summed E-state index contributed by atoms with van der Waals surface area (Å²) in [4.78, 5) is 15.6. The van der Waals surface area contributed by atoms with E-state index < -0.39 is 21.5 Å². The lowest BCUT2D eigenvalue weighted by molar-refractivity contribution is -0.182. The third kappa shape index (κ3) is 3.38. The predicted octanol–water partition coefficient (Wildman–Crippen LogP) is 4.00. The van der Waals surface area contributed by atoms with Crippen LogP contribution in [0.3, 0.4) is 0 Å². The minimum atomic E-state index is -0.914. The number of aliphatic hydroxyl groups is 1. The average Bonchev–Trinajstić information content (AvgIpc) is 3.32. The summed E-state index contributed by atoms with van der Waals surface area (Å²) < 4.78 is 17.9. The summed E-state index contributed by atoms with van der Waals surface area (Å²) in [5.74, 6) is -0.312. The Balaban J connectivity index is 1.71. The van der Waals surface area contributed by atoms with Gasteiger partial charge in [0, 0.05) is 24.4 Å². The van der Waals surface area contributed by atoms with E-state index in [0.717, 1.165) is 32.1 Å². The molecule has 4 aliphatic rings. The molecule has 4 rings (SSSR count). The largest absolute Gasteiger partial charge is 0.390 e. The number of carbonyl (C=O) groups is 1. The van der Waals surface area contributed by atoms with Gasteiger partial charge >= 0.3 is 0 Å². The number of allylic oxidation sites excluding steroid dienone is 1. The van der Waals surface area contributed by atoms with Gasteiger partial charge in [0.1, 0.15) is 11.8 Å². The molecule has 1 N–H and O–H groups in total. The lowest BCUT2D eigenvalue weighted by Gasteiger charge is -2.47. The van der Waals surface area contributed by atoms with Crippen LogP contribution < -0.4 is 0 Å². The second-order valence-corrected chi connectivity index (χ2v) is 11.9. The standard InChI is InChI=1S/C23H36INO5/c1-5-6-12-28-17-13-16-19(27)25-20(21(2,3)4)29-14-22(25,23(16,24)30-17)18(26)15-10-8-7-9-11-15/h8,10,15-18,20,26H,5-7,9,11-14H2,1-4H3/t15-,16-,17-,18+,20-,22+,23-/m0/s1. The van der Waals surface area contributed by atoms with Crippen LogP contribution in [0.25, 0.3) is 0 Å². The highest BCUT2D eigenvalue weighted by Gasteiger charge is 2.79. The monoisotopic (exact) mass is 533 g/mol. The number of unbranched alkanes of at least 4 members (excludes halogenated alkanes) is 1. The molecule has 0 aromatic rings. The zero-order valence-electron chi connectivity index (χ0n) is 18.6. The molecular weight excluding hydrogens is 497 g/mol. The molecule has 0 saturated carbocycles. The van der Waals surface area contributed by atoms with E-state index >= 15 is 0 Å². The van der Waals surface area contributed by atoms with Gasteiger partial charge in [0.15, 0.2) is 9.90 Å². The number of halogens is 1. The normalized spacial score (nSPS) is 41.9. The van der Waals surface area contributed by atoms with Gasteiger partial charge in [0.25, 0.3) is 0 Å². The fourth-order valence-electron chi connectivity index (χ4n) is 5.61. The zero-order chi connectivity index (χ0) is 21.7. The quantitative estimate of drug-likeness (QED) is 0.242. The van der Waals surface area contributed by atoms with Crippen molar-refractivity contribution in [1.82, 2.24) is 4.90 Å². The first kappa shape index (κ1) is 23.0. The molecule has 0 spiro atoms. The fraction of sp³-hybridized carbons (Fsp3) is 0.870. The van der Waals surface area contributed by atoms with Gasteiger partial charge in [-0.15, -0.1) is 0 Å². The van der Waals surface area contributed by atoms with Crippen molar-refractivity contribution in [3.05, 3.63) is 12.2 Å². The number of nitrogens with zero attached hydrogens (tertiary/aromatic N) is 1. The van der Waals surface area contributed by atoms with Crippen molar-refractivity contribution in [1.29, 1.82) is 0 Å². The van der Waals surface area contributed by atoms with Crippen LogP contribution in [0.5, 0.6) is 0 Å². The number of amides is 1. The molecular formula is C23H36INO5. The van der Waals surface area contributed by atoms with E-state index in [-0.39, 0.29) is 36.0 Å². The first-order chi connectivity index (χ1) is 14.2. The number of aliphatic hydroxyl groups excluding tert-OH is 1. The van der Waals surface area contributed by atoms with Crippen LogP contribution in [0.4, 0.5) is 0 Å². The molecule has 7 heteroatoms. The van der Waals surface area contributed by atoms with Crippen LogP contribution >= 0.6 is 22.6 Å². The molecule has 0 aromatic carbocycles. The number of carbonyl (C=O) groups excluding carboxylic acids is 1. The molecule has 170 valence electrons. The van der Waals surface area contributed by atoms with Gasteiger partial charge in [0.05, 0.1) is 18.6 Å². The summed E-state index contributed by atoms with van der Waals surface area (Å²) in [7, 11) is 0. The highest BCUT2D eigenvalue weighted by Crippen LogP contribution is 2.63. The zero-order valence-corrected chi connectivity index (χ0v) is 20.8. The number of rotatable bonds is 6. The Hall–Kier alpha value is -0.220. The second kappa shape index (κ2) is 8.28. The van der Waals surface area contributed by atoms with Crippen molar-refractivity contribution in [2.24, 2.45) is 17.3 Å².